The number of aliphatic hydroxyl groups is 1. The molecule has 0 saturated carbocycles. The number of benzene rings is 2. The van der Waals surface area contributed by atoms with Crippen LogP contribution in [0.1, 0.15) is 37.8 Å². The van der Waals surface area contributed by atoms with E-state index in [2.05, 4.69) is 11.8 Å². The summed E-state index contributed by atoms with van der Waals surface area (Å²) in [5.74, 6) is 0.535. The van der Waals surface area contributed by atoms with Crippen LogP contribution in [-0.4, -0.2) is 59.9 Å². The lowest BCUT2D eigenvalue weighted by Crippen LogP contribution is -2.26. The fourth-order valence-corrected chi connectivity index (χ4v) is 4.54. The summed E-state index contributed by atoms with van der Waals surface area (Å²) < 4.78 is 29.2. The first-order chi connectivity index (χ1) is 16.0. The van der Waals surface area contributed by atoms with Crippen molar-refractivity contribution < 1.29 is 27.8 Å². The number of oxazole rings is 1. The lowest BCUT2D eigenvalue weighted by Gasteiger charge is -2.22. The third-order valence-electron chi connectivity index (χ3n) is 5.72. The maximum atomic E-state index is 11.6. The van der Waals surface area contributed by atoms with E-state index in [1.165, 1.54) is 6.26 Å². The first kappa shape index (κ1) is 25.6. The molecule has 1 saturated heterocycles. The van der Waals surface area contributed by atoms with Crippen molar-refractivity contribution in [2.45, 2.75) is 44.2 Å². The molecule has 0 amide bonds. The number of carboxylic acid groups (broad SMARTS) is 1. The van der Waals surface area contributed by atoms with E-state index in [9.17, 15) is 13.5 Å². The molecule has 0 aliphatic carbocycles. The molecule has 0 spiro atoms. The molecule has 2 heterocycles. The summed E-state index contributed by atoms with van der Waals surface area (Å²) in [5, 5.41) is 17.2. The molecule has 2 N–H and O–H groups in total. The van der Waals surface area contributed by atoms with Crippen LogP contribution in [0.4, 0.5) is 0 Å². The molecule has 8 nitrogen and oxygen atoms in total. The van der Waals surface area contributed by atoms with Crippen LogP contribution in [-0.2, 0) is 14.6 Å². The number of hydrogen-bond donors (Lipinski definition) is 2. The molecule has 34 heavy (non-hydrogen) atoms. The van der Waals surface area contributed by atoms with Crippen LogP contribution in [0.2, 0.25) is 0 Å². The molecule has 1 unspecified atom stereocenters. The van der Waals surface area contributed by atoms with Gasteiger partial charge < -0.3 is 14.6 Å². The van der Waals surface area contributed by atoms with Crippen molar-refractivity contribution in [3.63, 3.8) is 0 Å². The summed E-state index contributed by atoms with van der Waals surface area (Å²) in [7, 11) is -3.20. The molecule has 0 bridgehead atoms. The Hall–Kier alpha value is -3.01. The first-order valence-corrected chi connectivity index (χ1v) is 12.8. The quantitative estimate of drug-likeness (QED) is 0.556. The average Bonchev–Trinajstić information content (AvgIpc) is 3.38. The zero-order chi connectivity index (χ0) is 25.0. The number of rotatable bonds is 5. The number of sulfone groups is 1. The second-order valence-corrected chi connectivity index (χ2v) is 10.5. The van der Waals surface area contributed by atoms with Gasteiger partial charge in [-0.05, 0) is 55.7 Å². The number of aliphatic hydroxyl groups excluding tert-OH is 1. The highest BCUT2D eigenvalue weighted by atomic mass is 32.2. The minimum absolute atomic E-state index is 0.0901. The number of likely N-dealkylation sites (tertiary alicyclic amines) is 1. The van der Waals surface area contributed by atoms with E-state index in [1.807, 2.05) is 43.3 Å². The molecule has 1 fully saturated rings. The largest absolute Gasteiger partial charge is 0.481 e. The van der Waals surface area contributed by atoms with Crippen molar-refractivity contribution in [2.24, 2.45) is 0 Å². The van der Waals surface area contributed by atoms with Gasteiger partial charge in [-0.15, -0.1) is 0 Å². The minimum Gasteiger partial charge on any atom is -0.481 e. The van der Waals surface area contributed by atoms with Gasteiger partial charge in [0.2, 0.25) is 5.89 Å². The lowest BCUT2D eigenvalue weighted by molar-refractivity contribution is -0.134. The van der Waals surface area contributed by atoms with Crippen molar-refractivity contribution in [3.8, 4) is 22.6 Å². The summed E-state index contributed by atoms with van der Waals surface area (Å²) >= 11 is 0. The molecule has 1 aromatic heterocycles. The highest BCUT2D eigenvalue weighted by Gasteiger charge is 2.28. The zero-order valence-electron chi connectivity index (χ0n) is 19.7. The van der Waals surface area contributed by atoms with Crippen molar-refractivity contribution in [1.29, 1.82) is 0 Å². The Morgan fingerprint density at radius 1 is 1.09 bits per heavy atom. The summed E-state index contributed by atoms with van der Waals surface area (Å²) in [4.78, 5) is 16.3. The lowest BCUT2D eigenvalue weighted by atomic mass is 10.0. The fourth-order valence-electron chi connectivity index (χ4n) is 3.91. The maximum absolute atomic E-state index is 11.6. The minimum atomic E-state index is -3.20. The van der Waals surface area contributed by atoms with Gasteiger partial charge in [-0.3, -0.25) is 9.69 Å². The highest BCUT2D eigenvalue weighted by Crippen LogP contribution is 2.31. The van der Waals surface area contributed by atoms with Crippen LogP contribution in [0.3, 0.4) is 0 Å². The van der Waals surface area contributed by atoms with Gasteiger partial charge in [-0.2, -0.15) is 0 Å². The molecule has 4 rings (SSSR count). The van der Waals surface area contributed by atoms with Crippen molar-refractivity contribution in [3.05, 3.63) is 60.0 Å². The fraction of sp³-hybridized carbons (Fsp3) is 0.360. The Kier molecular flexibility index (Phi) is 7.91. The van der Waals surface area contributed by atoms with Crippen LogP contribution in [0.25, 0.3) is 22.6 Å². The molecule has 3 aromatic rings. The third kappa shape index (κ3) is 6.31. The Balaban J connectivity index is 0.000000751. The molecular weight excluding hydrogens is 456 g/mol. The van der Waals surface area contributed by atoms with E-state index < -0.39 is 15.8 Å². The van der Waals surface area contributed by atoms with Crippen molar-refractivity contribution in [2.75, 3.05) is 19.3 Å². The second-order valence-electron chi connectivity index (χ2n) is 8.47. The molecule has 182 valence electrons. The van der Waals surface area contributed by atoms with Crippen LogP contribution in [0, 0.1) is 6.92 Å². The number of aryl methyl sites for hydroxylation is 1. The van der Waals surface area contributed by atoms with Gasteiger partial charge in [0.1, 0.15) is 5.76 Å². The van der Waals surface area contributed by atoms with E-state index in [0.717, 1.165) is 48.0 Å². The number of β-amino-alcohol motifs (C(OH)–C–C–N with tert-alkyl or cyclic N) is 1. The third-order valence-corrected chi connectivity index (χ3v) is 6.85. The summed E-state index contributed by atoms with van der Waals surface area (Å²) in [6, 6.07) is 14.8. The van der Waals surface area contributed by atoms with Crippen LogP contribution < -0.4 is 0 Å². The number of carbonyl (C=O) groups is 1. The van der Waals surface area contributed by atoms with E-state index in [4.69, 9.17) is 19.3 Å². The van der Waals surface area contributed by atoms with E-state index in [0.29, 0.717) is 17.3 Å². The van der Waals surface area contributed by atoms with Gasteiger partial charge in [0, 0.05) is 31.8 Å². The molecule has 9 heteroatoms. The Morgan fingerprint density at radius 3 is 2.06 bits per heavy atom. The van der Waals surface area contributed by atoms with Crippen molar-refractivity contribution in [1.82, 2.24) is 9.88 Å². The zero-order valence-corrected chi connectivity index (χ0v) is 20.5. The standard InChI is InChI=1S/C23H26N2O4S.C2H4O2/c1-15(25-13-12-20(26)14-25)22-16(2)29-23(24-22)19-6-4-17(5-7-19)18-8-10-21(11-9-18)30(3,27)28;1-2(3)4/h4-11,15,20,26H,12-14H2,1-3H3;1H3,(H,3,4)/t15?,20-;/m0./s1. The smallest absolute Gasteiger partial charge is 0.300 e. The summed E-state index contributed by atoms with van der Waals surface area (Å²) in [5.41, 5.74) is 3.72. The molecule has 1 aliphatic rings. The highest BCUT2D eigenvalue weighted by molar-refractivity contribution is 7.90. The molecule has 2 aromatic carbocycles. The van der Waals surface area contributed by atoms with Crippen LogP contribution in [0.15, 0.2) is 57.8 Å². The summed E-state index contributed by atoms with van der Waals surface area (Å²) in [6.07, 6.45) is 1.73. The topological polar surface area (TPSA) is 121 Å². The van der Waals surface area contributed by atoms with Gasteiger partial charge in [-0.25, -0.2) is 13.4 Å². The van der Waals surface area contributed by atoms with Gasteiger partial charge in [-0.1, -0.05) is 24.3 Å². The first-order valence-electron chi connectivity index (χ1n) is 11.0. The average molecular weight is 487 g/mol. The predicted octanol–water partition coefficient (Wildman–Crippen LogP) is 3.94. The number of aromatic nitrogens is 1. The van der Waals surface area contributed by atoms with Gasteiger partial charge in [0.15, 0.2) is 9.84 Å². The monoisotopic (exact) mass is 486 g/mol. The normalized spacial score (nSPS) is 17.1. The van der Waals surface area contributed by atoms with Crippen LogP contribution >= 0.6 is 0 Å². The summed E-state index contributed by atoms with van der Waals surface area (Å²) in [6.45, 7) is 6.62. The second kappa shape index (κ2) is 10.5. The Morgan fingerprint density at radius 2 is 1.59 bits per heavy atom. The van der Waals surface area contributed by atoms with Gasteiger partial charge in [0.25, 0.3) is 5.97 Å². The van der Waals surface area contributed by atoms with Gasteiger partial charge >= 0.3 is 0 Å². The number of nitrogens with zero attached hydrogens (tertiary/aromatic N) is 2. The maximum Gasteiger partial charge on any atom is 0.300 e. The number of hydrogen-bond acceptors (Lipinski definition) is 7. The Labute approximate surface area is 199 Å². The SMILES string of the molecule is CC(=O)O.Cc1oc(-c2ccc(-c3ccc(S(C)(=O)=O)cc3)cc2)nc1C(C)N1CC[C@H](O)C1. The van der Waals surface area contributed by atoms with Gasteiger partial charge in [0.05, 0.1) is 22.7 Å². The number of aliphatic carboxylic acids is 1. The molecular formula is C25H30N2O6S. The van der Waals surface area contributed by atoms with E-state index in [-0.39, 0.29) is 12.1 Å². The predicted molar refractivity (Wildman–Crippen MR) is 129 cm³/mol. The number of carboxylic acids is 1. The molecule has 2 atom stereocenters. The van der Waals surface area contributed by atoms with E-state index >= 15 is 0 Å². The van der Waals surface area contributed by atoms with Crippen LogP contribution in [0.5, 0.6) is 0 Å². The van der Waals surface area contributed by atoms with E-state index in [1.54, 1.807) is 12.1 Å². The molecule has 1 aliphatic heterocycles. The molecule has 0 radical (unpaired) electrons. The Bertz CT molecular complexity index is 1230. The van der Waals surface area contributed by atoms with Crippen molar-refractivity contribution >= 4 is 15.8 Å².